The zero-order chi connectivity index (χ0) is 20.5. The Hall–Kier alpha value is -2.41. The summed E-state index contributed by atoms with van der Waals surface area (Å²) in [6, 6.07) is 5.54. The molecular weight excluding hydrogens is 358 g/mol. The van der Waals surface area contributed by atoms with Crippen molar-refractivity contribution in [2.75, 3.05) is 24.6 Å². The summed E-state index contributed by atoms with van der Waals surface area (Å²) < 4.78 is 4.84. The first-order valence-electron chi connectivity index (χ1n) is 10.0. The molecule has 0 unspecified atom stereocenters. The minimum atomic E-state index is -0.333. The van der Waals surface area contributed by atoms with Crippen molar-refractivity contribution in [3.8, 4) is 0 Å². The molecule has 1 aliphatic carbocycles. The molecule has 1 saturated carbocycles. The molecular formula is C21H31N3O4. The number of ether oxygens (including phenoxy) is 1. The highest BCUT2D eigenvalue weighted by Crippen LogP contribution is 2.31. The van der Waals surface area contributed by atoms with E-state index in [1.54, 1.807) is 19.1 Å². The number of rotatable bonds is 9. The number of esters is 1. The molecule has 1 aromatic carbocycles. The maximum atomic E-state index is 12.7. The molecule has 2 amide bonds. The molecule has 2 rings (SSSR count). The Kier molecular flexibility index (Phi) is 8.44. The fraction of sp³-hybridized carbons (Fsp3) is 0.571. The van der Waals surface area contributed by atoms with Gasteiger partial charge in [-0.05, 0) is 50.5 Å². The Morgan fingerprint density at radius 3 is 2.54 bits per heavy atom. The predicted octanol–water partition coefficient (Wildman–Crippen LogP) is 2.30. The molecule has 0 bridgehead atoms. The van der Waals surface area contributed by atoms with Gasteiger partial charge in [0.1, 0.15) is 0 Å². The van der Waals surface area contributed by atoms with Crippen molar-refractivity contribution >= 4 is 23.5 Å². The van der Waals surface area contributed by atoms with E-state index in [4.69, 9.17) is 10.5 Å². The van der Waals surface area contributed by atoms with Gasteiger partial charge >= 0.3 is 5.97 Å². The van der Waals surface area contributed by atoms with Crippen LogP contribution >= 0.6 is 0 Å². The van der Waals surface area contributed by atoms with Crippen LogP contribution in [0.2, 0.25) is 0 Å². The van der Waals surface area contributed by atoms with Gasteiger partial charge in [-0.2, -0.15) is 0 Å². The average Bonchev–Trinajstić information content (AvgIpc) is 3.18. The number of carbonyl (C=O) groups is 3. The molecule has 0 aliphatic heterocycles. The first kappa shape index (κ1) is 21.9. The van der Waals surface area contributed by atoms with Gasteiger partial charge in [0.05, 0.1) is 13.0 Å². The summed E-state index contributed by atoms with van der Waals surface area (Å²) in [5.41, 5.74) is 7.81. The largest absolute Gasteiger partial charge is 0.466 e. The Labute approximate surface area is 166 Å². The molecule has 0 spiro atoms. The number of hydrogen-bond donors (Lipinski definition) is 2. The molecule has 3 N–H and O–H groups in total. The lowest BCUT2D eigenvalue weighted by Gasteiger charge is -2.30. The Bertz CT molecular complexity index is 699. The SMILES string of the molecule is CCOC(=O)CCNC(=O)c1ccc(N(C(=O)CCN)C2CCCC2)c(C)c1. The summed E-state index contributed by atoms with van der Waals surface area (Å²) in [5.74, 6) is -0.552. The van der Waals surface area contributed by atoms with Gasteiger partial charge in [-0.3, -0.25) is 14.4 Å². The Morgan fingerprint density at radius 1 is 1.21 bits per heavy atom. The number of aryl methyl sites for hydroxylation is 1. The maximum Gasteiger partial charge on any atom is 0.307 e. The Morgan fingerprint density at radius 2 is 1.93 bits per heavy atom. The second-order valence-electron chi connectivity index (χ2n) is 7.05. The van der Waals surface area contributed by atoms with Crippen LogP contribution in [0.15, 0.2) is 18.2 Å². The van der Waals surface area contributed by atoms with Crippen LogP contribution in [0.4, 0.5) is 5.69 Å². The van der Waals surface area contributed by atoms with E-state index in [0.717, 1.165) is 36.9 Å². The molecule has 0 heterocycles. The van der Waals surface area contributed by atoms with E-state index in [1.165, 1.54) is 0 Å². The van der Waals surface area contributed by atoms with Crippen LogP contribution in [0.1, 0.15) is 61.4 Å². The van der Waals surface area contributed by atoms with Gasteiger partial charge in [-0.15, -0.1) is 0 Å². The number of amides is 2. The highest BCUT2D eigenvalue weighted by atomic mass is 16.5. The lowest BCUT2D eigenvalue weighted by molar-refractivity contribution is -0.142. The molecule has 0 aromatic heterocycles. The molecule has 154 valence electrons. The standard InChI is InChI=1S/C21H31N3O4/c1-3-28-20(26)11-13-23-21(27)16-8-9-18(15(2)14-16)24(19(25)10-12-22)17-6-4-5-7-17/h8-9,14,17H,3-7,10-13,22H2,1-2H3,(H,23,27). The van der Waals surface area contributed by atoms with Crippen LogP contribution in [0.3, 0.4) is 0 Å². The van der Waals surface area contributed by atoms with Crippen LogP contribution < -0.4 is 16.0 Å². The summed E-state index contributed by atoms with van der Waals surface area (Å²) >= 11 is 0. The number of nitrogens with one attached hydrogen (secondary N) is 1. The van der Waals surface area contributed by atoms with Crippen LogP contribution in [-0.4, -0.2) is 43.5 Å². The molecule has 7 nitrogen and oxygen atoms in total. The van der Waals surface area contributed by atoms with Crippen molar-refractivity contribution in [2.24, 2.45) is 5.73 Å². The van der Waals surface area contributed by atoms with Gasteiger partial charge in [-0.1, -0.05) is 12.8 Å². The normalized spacial score (nSPS) is 14.0. The molecule has 1 fully saturated rings. The summed E-state index contributed by atoms with van der Waals surface area (Å²) in [4.78, 5) is 38.3. The number of carbonyl (C=O) groups excluding carboxylic acids is 3. The van der Waals surface area contributed by atoms with Gasteiger partial charge < -0.3 is 20.7 Å². The lowest BCUT2D eigenvalue weighted by Crippen LogP contribution is -2.40. The second-order valence-corrected chi connectivity index (χ2v) is 7.05. The van der Waals surface area contributed by atoms with E-state index in [2.05, 4.69) is 5.32 Å². The van der Waals surface area contributed by atoms with Crippen LogP contribution in [0, 0.1) is 6.92 Å². The number of anilines is 1. The van der Waals surface area contributed by atoms with Crippen molar-refractivity contribution in [1.29, 1.82) is 0 Å². The summed E-state index contributed by atoms with van der Waals surface area (Å²) in [7, 11) is 0. The van der Waals surface area contributed by atoms with Gasteiger partial charge in [0, 0.05) is 36.8 Å². The molecule has 0 atom stereocenters. The molecule has 0 saturated heterocycles. The lowest BCUT2D eigenvalue weighted by atomic mass is 10.0. The number of benzene rings is 1. The van der Waals surface area contributed by atoms with Crippen molar-refractivity contribution in [3.05, 3.63) is 29.3 Å². The van der Waals surface area contributed by atoms with Crippen LogP contribution in [0.25, 0.3) is 0 Å². The van der Waals surface area contributed by atoms with Crippen LogP contribution in [0.5, 0.6) is 0 Å². The van der Waals surface area contributed by atoms with E-state index in [-0.39, 0.29) is 36.8 Å². The molecule has 28 heavy (non-hydrogen) atoms. The van der Waals surface area contributed by atoms with E-state index >= 15 is 0 Å². The quantitative estimate of drug-likeness (QED) is 0.631. The van der Waals surface area contributed by atoms with Gasteiger partial charge in [0.2, 0.25) is 5.91 Å². The van der Waals surface area contributed by atoms with E-state index in [0.29, 0.717) is 25.1 Å². The number of nitrogens with two attached hydrogens (primary N) is 1. The number of nitrogens with zero attached hydrogens (tertiary/aromatic N) is 1. The first-order valence-corrected chi connectivity index (χ1v) is 10.0. The topological polar surface area (TPSA) is 102 Å². The minimum absolute atomic E-state index is 0.0316. The Balaban J connectivity index is 2.09. The molecule has 1 aliphatic rings. The minimum Gasteiger partial charge on any atom is -0.466 e. The van der Waals surface area contributed by atoms with E-state index in [9.17, 15) is 14.4 Å². The third-order valence-electron chi connectivity index (χ3n) is 4.96. The van der Waals surface area contributed by atoms with Gasteiger partial charge in [0.25, 0.3) is 5.91 Å². The monoisotopic (exact) mass is 389 g/mol. The zero-order valence-electron chi connectivity index (χ0n) is 16.8. The van der Waals surface area contributed by atoms with Crippen molar-refractivity contribution in [2.45, 2.75) is 58.4 Å². The average molecular weight is 389 g/mol. The highest BCUT2D eigenvalue weighted by molar-refractivity contribution is 5.98. The molecule has 1 aromatic rings. The first-order chi connectivity index (χ1) is 13.5. The maximum absolute atomic E-state index is 12.7. The fourth-order valence-electron chi connectivity index (χ4n) is 3.62. The van der Waals surface area contributed by atoms with E-state index < -0.39 is 0 Å². The molecule has 0 radical (unpaired) electrons. The van der Waals surface area contributed by atoms with Crippen molar-refractivity contribution in [1.82, 2.24) is 5.32 Å². The third-order valence-corrected chi connectivity index (χ3v) is 4.96. The van der Waals surface area contributed by atoms with Gasteiger partial charge in [0.15, 0.2) is 0 Å². The third kappa shape index (κ3) is 5.79. The predicted molar refractivity (Wildman–Crippen MR) is 108 cm³/mol. The number of hydrogen-bond acceptors (Lipinski definition) is 5. The fourth-order valence-corrected chi connectivity index (χ4v) is 3.62. The van der Waals surface area contributed by atoms with Gasteiger partial charge in [-0.25, -0.2) is 0 Å². The van der Waals surface area contributed by atoms with Crippen LogP contribution in [-0.2, 0) is 14.3 Å². The summed E-state index contributed by atoms with van der Waals surface area (Å²) in [5, 5.41) is 2.73. The van der Waals surface area contributed by atoms with Crippen molar-refractivity contribution < 1.29 is 19.1 Å². The second kappa shape index (κ2) is 10.8. The summed E-state index contributed by atoms with van der Waals surface area (Å²) in [6.07, 6.45) is 4.68. The smallest absolute Gasteiger partial charge is 0.307 e. The molecule has 7 heteroatoms. The highest BCUT2D eigenvalue weighted by Gasteiger charge is 2.28. The van der Waals surface area contributed by atoms with Crippen molar-refractivity contribution in [3.63, 3.8) is 0 Å². The zero-order valence-corrected chi connectivity index (χ0v) is 16.8. The summed E-state index contributed by atoms with van der Waals surface area (Å²) in [6.45, 7) is 4.52. The van der Waals surface area contributed by atoms with E-state index in [1.807, 2.05) is 17.9 Å².